The number of carbonyl (C=O) groups is 2. The molecule has 0 unspecified atom stereocenters. The highest BCUT2D eigenvalue weighted by atomic mass is 32.2. The number of rotatable bonds is 9. The van der Waals surface area contributed by atoms with E-state index in [9.17, 15) is 22.4 Å². The number of benzene rings is 3. The van der Waals surface area contributed by atoms with Gasteiger partial charge in [0.1, 0.15) is 18.1 Å². The van der Waals surface area contributed by atoms with E-state index in [1.54, 1.807) is 36.4 Å². The molecule has 0 saturated heterocycles. The maximum absolute atomic E-state index is 13.5. The van der Waals surface area contributed by atoms with Gasteiger partial charge in [-0.05, 0) is 67.6 Å². The minimum absolute atomic E-state index is 0.0204. The van der Waals surface area contributed by atoms with Gasteiger partial charge in [0.15, 0.2) is 0 Å². The number of amides is 2. The molecule has 10 heteroatoms. The second kappa shape index (κ2) is 11.1. The zero-order valence-electron chi connectivity index (χ0n) is 19.8. The van der Waals surface area contributed by atoms with Gasteiger partial charge in [0.05, 0.1) is 34.6 Å². The van der Waals surface area contributed by atoms with Gasteiger partial charge >= 0.3 is 0 Å². The first-order valence-electron chi connectivity index (χ1n) is 11.3. The highest BCUT2D eigenvalue weighted by molar-refractivity contribution is 7.92. The predicted molar refractivity (Wildman–Crippen MR) is 137 cm³/mol. The molecule has 0 spiro atoms. The first-order valence-corrected chi connectivity index (χ1v) is 12.7. The van der Waals surface area contributed by atoms with Crippen molar-refractivity contribution in [2.45, 2.75) is 18.4 Å². The fraction of sp³-hybridized carbons (Fsp3) is 0.111. The van der Waals surface area contributed by atoms with Crippen molar-refractivity contribution < 1.29 is 26.8 Å². The second-order valence-electron chi connectivity index (χ2n) is 8.16. The summed E-state index contributed by atoms with van der Waals surface area (Å²) >= 11 is 0. The summed E-state index contributed by atoms with van der Waals surface area (Å²) < 4.78 is 46.6. The summed E-state index contributed by atoms with van der Waals surface area (Å²) in [7, 11) is -4.17. The molecule has 4 aromatic rings. The van der Waals surface area contributed by atoms with E-state index in [4.69, 9.17) is 4.42 Å². The third-order valence-corrected chi connectivity index (χ3v) is 7.25. The van der Waals surface area contributed by atoms with Crippen LogP contribution in [-0.2, 0) is 21.4 Å². The van der Waals surface area contributed by atoms with E-state index in [0.29, 0.717) is 5.76 Å². The molecule has 3 aromatic carbocycles. The SMILES string of the molecule is Cc1ccc(S(=O)(=O)N(CC(=O)Nc2ccccc2C(=O)NCc2ccco2)c2ccc(F)cc2)cc1. The molecule has 0 aliphatic carbocycles. The second-order valence-corrected chi connectivity index (χ2v) is 10.0. The van der Waals surface area contributed by atoms with Crippen molar-refractivity contribution in [1.82, 2.24) is 5.32 Å². The molecular weight excluding hydrogens is 497 g/mol. The van der Waals surface area contributed by atoms with Crippen LogP contribution in [-0.4, -0.2) is 26.8 Å². The van der Waals surface area contributed by atoms with Crippen molar-refractivity contribution in [2.75, 3.05) is 16.2 Å². The van der Waals surface area contributed by atoms with E-state index < -0.39 is 34.2 Å². The number of hydrogen-bond acceptors (Lipinski definition) is 5. The average Bonchev–Trinajstić information content (AvgIpc) is 3.41. The topological polar surface area (TPSA) is 109 Å². The molecule has 1 aromatic heterocycles. The van der Waals surface area contributed by atoms with Crippen LogP contribution in [0, 0.1) is 12.7 Å². The Morgan fingerprint density at radius 1 is 0.919 bits per heavy atom. The highest BCUT2D eigenvalue weighted by Gasteiger charge is 2.27. The maximum atomic E-state index is 13.5. The number of aryl methyl sites for hydroxylation is 1. The molecule has 1 heterocycles. The number of nitrogens with one attached hydrogen (secondary N) is 2. The lowest BCUT2D eigenvalue weighted by Gasteiger charge is -2.24. The Morgan fingerprint density at radius 2 is 1.62 bits per heavy atom. The van der Waals surface area contributed by atoms with Crippen LogP contribution in [0.2, 0.25) is 0 Å². The number of hydrogen-bond donors (Lipinski definition) is 2. The maximum Gasteiger partial charge on any atom is 0.264 e. The first-order chi connectivity index (χ1) is 17.7. The number of para-hydroxylation sites is 1. The Bertz CT molecular complexity index is 1490. The third-order valence-electron chi connectivity index (χ3n) is 5.46. The molecule has 8 nitrogen and oxygen atoms in total. The third kappa shape index (κ3) is 6.22. The zero-order chi connectivity index (χ0) is 26.4. The lowest BCUT2D eigenvalue weighted by atomic mass is 10.1. The minimum Gasteiger partial charge on any atom is -0.467 e. The molecule has 0 saturated carbocycles. The monoisotopic (exact) mass is 521 g/mol. The minimum atomic E-state index is -4.17. The fourth-order valence-corrected chi connectivity index (χ4v) is 4.97. The number of halogens is 1. The number of furan rings is 1. The molecule has 190 valence electrons. The van der Waals surface area contributed by atoms with Crippen LogP contribution in [0.25, 0.3) is 0 Å². The van der Waals surface area contributed by atoms with Gasteiger partial charge in [-0.1, -0.05) is 29.8 Å². The largest absolute Gasteiger partial charge is 0.467 e. The van der Waals surface area contributed by atoms with Crippen molar-refractivity contribution in [3.63, 3.8) is 0 Å². The van der Waals surface area contributed by atoms with Gasteiger partial charge in [0.2, 0.25) is 5.91 Å². The summed E-state index contributed by atoms with van der Waals surface area (Å²) in [6.07, 6.45) is 1.49. The Hall–Kier alpha value is -4.44. The van der Waals surface area contributed by atoms with Crippen LogP contribution in [0.4, 0.5) is 15.8 Å². The summed E-state index contributed by atoms with van der Waals surface area (Å²) in [6, 6.07) is 20.7. The molecule has 0 atom stereocenters. The van der Waals surface area contributed by atoms with E-state index in [0.717, 1.165) is 22.0 Å². The Morgan fingerprint density at radius 3 is 2.30 bits per heavy atom. The van der Waals surface area contributed by atoms with Crippen LogP contribution < -0.4 is 14.9 Å². The molecule has 0 radical (unpaired) electrons. The van der Waals surface area contributed by atoms with Crippen molar-refractivity contribution in [3.05, 3.63) is 114 Å². The van der Waals surface area contributed by atoms with Crippen LogP contribution in [0.15, 0.2) is 101 Å². The van der Waals surface area contributed by atoms with Crippen LogP contribution in [0.1, 0.15) is 21.7 Å². The van der Waals surface area contributed by atoms with Gasteiger partial charge in [-0.2, -0.15) is 0 Å². The van der Waals surface area contributed by atoms with Gasteiger partial charge in [0.25, 0.3) is 15.9 Å². The number of nitrogens with zero attached hydrogens (tertiary/aromatic N) is 1. The Balaban J connectivity index is 1.57. The number of anilines is 2. The summed E-state index contributed by atoms with van der Waals surface area (Å²) in [6.45, 7) is 1.37. The summed E-state index contributed by atoms with van der Waals surface area (Å²) in [5.41, 5.74) is 1.38. The molecule has 37 heavy (non-hydrogen) atoms. The standard InChI is InChI=1S/C27H24FN3O5S/c1-19-8-14-23(15-9-19)37(34,35)31(21-12-10-20(28)11-13-21)18-26(32)30-25-7-3-2-6-24(25)27(33)29-17-22-5-4-16-36-22/h2-16H,17-18H2,1H3,(H,29,33)(H,30,32). The summed E-state index contributed by atoms with van der Waals surface area (Å²) in [5.74, 6) is -1.12. The Kier molecular flexibility index (Phi) is 7.69. The number of carbonyl (C=O) groups excluding carboxylic acids is 2. The molecule has 2 N–H and O–H groups in total. The summed E-state index contributed by atoms with van der Waals surface area (Å²) in [5, 5.41) is 5.34. The normalized spacial score (nSPS) is 11.1. The van der Waals surface area contributed by atoms with Gasteiger partial charge in [-0.15, -0.1) is 0 Å². The Labute approximate surface area is 213 Å². The highest BCUT2D eigenvalue weighted by Crippen LogP contribution is 2.25. The average molecular weight is 522 g/mol. The predicted octanol–water partition coefficient (Wildman–Crippen LogP) is 4.49. The van der Waals surface area contributed by atoms with E-state index in [1.165, 1.54) is 42.7 Å². The quantitative estimate of drug-likeness (QED) is 0.337. The van der Waals surface area contributed by atoms with Gasteiger partial charge in [-0.25, -0.2) is 12.8 Å². The molecule has 2 amide bonds. The first kappa shape index (κ1) is 25.6. The van der Waals surface area contributed by atoms with Crippen molar-refractivity contribution in [2.24, 2.45) is 0 Å². The molecular formula is C27H24FN3O5S. The lowest BCUT2D eigenvalue weighted by Crippen LogP contribution is -2.38. The molecule has 0 aliphatic rings. The van der Waals surface area contributed by atoms with Crippen molar-refractivity contribution in [3.8, 4) is 0 Å². The van der Waals surface area contributed by atoms with E-state index in [2.05, 4.69) is 10.6 Å². The van der Waals surface area contributed by atoms with Crippen LogP contribution >= 0.6 is 0 Å². The van der Waals surface area contributed by atoms with Crippen LogP contribution in [0.3, 0.4) is 0 Å². The summed E-state index contributed by atoms with van der Waals surface area (Å²) in [4.78, 5) is 25.8. The molecule has 0 bridgehead atoms. The van der Waals surface area contributed by atoms with Gasteiger partial charge in [0, 0.05) is 0 Å². The zero-order valence-corrected chi connectivity index (χ0v) is 20.7. The van der Waals surface area contributed by atoms with Crippen molar-refractivity contribution in [1.29, 1.82) is 0 Å². The number of sulfonamides is 1. The van der Waals surface area contributed by atoms with Gasteiger partial charge in [-0.3, -0.25) is 13.9 Å². The van der Waals surface area contributed by atoms with E-state index in [-0.39, 0.29) is 28.4 Å². The molecule has 0 fully saturated rings. The fourth-order valence-electron chi connectivity index (χ4n) is 3.55. The smallest absolute Gasteiger partial charge is 0.264 e. The molecule has 0 aliphatic heterocycles. The van der Waals surface area contributed by atoms with E-state index >= 15 is 0 Å². The van der Waals surface area contributed by atoms with Gasteiger partial charge < -0.3 is 15.1 Å². The molecule has 4 rings (SSSR count). The van der Waals surface area contributed by atoms with E-state index in [1.807, 2.05) is 6.92 Å². The van der Waals surface area contributed by atoms with Crippen molar-refractivity contribution >= 4 is 33.2 Å². The lowest BCUT2D eigenvalue weighted by molar-refractivity contribution is -0.114. The van der Waals surface area contributed by atoms with Crippen LogP contribution in [0.5, 0.6) is 0 Å².